The van der Waals surface area contributed by atoms with Gasteiger partial charge in [-0.25, -0.2) is 0 Å². The van der Waals surface area contributed by atoms with Crippen LogP contribution in [0.15, 0.2) is 68.9 Å². The normalized spacial score (nSPS) is 15.9. The molecule has 1 fully saturated rings. The summed E-state index contributed by atoms with van der Waals surface area (Å²) in [5.41, 5.74) is 1.10. The van der Waals surface area contributed by atoms with E-state index in [9.17, 15) is 14.4 Å². The van der Waals surface area contributed by atoms with Gasteiger partial charge in [0.05, 0.1) is 22.4 Å². The average Bonchev–Trinajstić information content (AvgIpc) is 2.93. The number of rotatable bonds is 3. The van der Waals surface area contributed by atoms with Gasteiger partial charge in [-0.05, 0) is 41.6 Å². The molecule has 0 spiro atoms. The van der Waals surface area contributed by atoms with Crippen LogP contribution in [-0.4, -0.2) is 16.0 Å². The summed E-state index contributed by atoms with van der Waals surface area (Å²) in [6.45, 7) is 0.0774. The second-order valence-electron chi connectivity index (χ2n) is 5.88. The second kappa shape index (κ2) is 7.06. The second-order valence-corrected chi connectivity index (χ2v) is 7.28. The Bertz CT molecular complexity index is 1170. The Kier molecular flexibility index (Phi) is 4.59. The number of fused-ring (bicyclic) bond motifs is 1. The molecule has 0 radical (unpaired) electrons. The number of thioether (sulfide) groups is 1. The fourth-order valence-corrected chi connectivity index (χ4v) is 3.79. The first-order chi connectivity index (χ1) is 13.0. The Hall–Kier alpha value is -2.83. The van der Waals surface area contributed by atoms with Crippen LogP contribution in [-0.2, 0) is 11.3 Å². The quantitative estimate of drug-likeness (QED) is 0.600. The molecule has 2 amide bonds. The molecule has 3 aromatic rings. The highest BCUT2D eigenvalue weighted by atomic mass is 35.5. The number of benzene rings is 2. The molecule has 7 heteroatoms. The van der Waals surface area contributed by atoms with Crippen molar-refractivity contribution >= 4 is 51.6 Å². The van der Waals surface area contributed by atoms with Gasteiger partial charge in [-0.3, -0.25) is 19.3 Å². The van der Waals surface area contributed by atoms with E-state index in [-0.39, 0.29) is 22.4 Å². The number of nitrogens with zero attached hydrogens (tertiary/aromatic N) is 1. The molecule has 0 unspecified atom stereocenters. The molecule has 5 nitrogen and oxygen atoms in total. The van der Waals surface area contributed by atoms with Crippen LogP contribution in [0.25, 0.3) is 17.0 Å². The van der Waals surface area contributed by atoms with Crippen molar-refractivity contribution in [1.29, 1.82) is 0 Å². The van der Waals surface area contributed by atoms with Gasteiger partial charge in [-0.15, -0.1) is 0 Å². The van der Waals surface area contributed by atoms with Crippen molar-refractivity contribution in [2.75, 3.05) is 0 Å². The fourth-order valence-electron chi connectivity index (χ4n) is 2.77. The predicted octanol–water partition coefficient (Wildman–Crippen LogP) is 4.68. The maximum absolute atomic E-state index is 12.7. The van der Waals surface area contributed by atoms with Crippen molar-refractivity contribution < 1.29 is 14.0 Å². The third-order valence-electron chi connectivity index (χ3n) is 4.15. The van der Waals surface area contributed by atoms with Crippen LogP contribution < -0.4 is 5.43 Å². The molecule has 2 heterocycles. The molecule has 0 saturated carbocycles. The molecule has 0 N–H and O–H groups in total. The zero-order valence-corrected chi connectivity index (χ0v) is 15.4. The Balaban J connectivity index is 1.67. The summed E-state index contributed by atoms with van der Waals surface area (Å²) >= 11 is 6.91. The highest BCUT2D eigenvalue weighted by Crippen LogP contribution is 2.33. The van der Waals surface area contributed by atoms with E-state index in [0.717, 1.165) is 16.7 Å². The lowest BCUT2D eigenvalue weighted by atomic mass is 10.1. The molecule has 2 aromatic carbocycles. The number of imide groups is 1. The van der Waals surface area contributed by atoms with Gasteiger partial charge in [0.25, 0.3) is 11.1 Å². The lowest BCUT2D eigenvalue weighted by Gasteiger charge is -2.13. The van der Waals surface area contributed by atoms with E-state index in [1.54, 1.807) is 48.5 Å². The standard InChI is InChI=1S/C20H12ClNO4S/c21-15-7-3-1-5-12(15)10-22-19(24)17(27-20(22)25)9-13-11-26-16-8-4-2-6-14(16)18(13)23/h1-9,11H,10H2/b17-9-. The molecule has 1 aliphatic heterocycles. The van der Waals surface area contributed by atoms with Crippen LogP contribution in [0, 0.1) is 0 Å². The minimum Gasteiger partial charge on any atom is -0.463 e. The van der Waals surface area contributed by atoms with Crippen molar-refractivity contribution in [3.05, 3.63) is 86.1 Å². The van der Waals surface area contributed by atoms with Gasteiger partial charge in [-0.1, -0.05) is 41.9 Å². The number of amides is 2. The highest BCUT2D eigenvalue weighted by Gasteiger charge is 2.35. The third-order valence-corrected chi connectivity index (χ3v) is 5.43. The maximum Gasteiger partial charge on any atom is 0.293 e. The Labute approximate surface area is 163 Å². The van der Waals surface area contributed by atoms with Crippen LogP contribution in [0.5, 0.6) is 0 Å². The SMILES string of the molecule is O=C1S/C(=C\c2coc3ccccc3c2=O)C(=O)N1Cc1ccccc1Cl. The summed E-state index contributed by atoms with van der Waals surface area (Å²) < 4.78 is 5.45. The van der Waals surface area contributed by atoms with Crippen LogP contribution >= 0.6 is 23.4 Å². The van der Waals surface area contributed by atoms with Gasteiger partial charge in [0, 0.05) is 5.02 Å². The molecule has 4 rings (SSSR count). The number of hydrogen-bond acceptors (Lipinski definition) is 5. The van der Waals surface area contributed by atoms with E-state index in [4.69, 9.17) is 16.0 Å². The van der Waals surface area contributed by atoms with Gasteiger partial charge in [0.15, 0.2) is 5.43 Å². The summed E-state index contributed by atoms with van der Waals surface area (Å²) in [5, 5.41) is 0.494. The van der Waals surface area contributed by atoms with Crippen molar-refractivity contribution in [2.45, 2.75) is 6.54 Å². The summed E-state index contributed by atoms with van der Waals surface area (Å²) in [5.74, 6) is -0.461. The van der Waals surface area contributed by atoms with Crippen molar-refractivity contribution in [1.82, 2.24) is 4.90 Å². The maximum atomic E-state index is 12.7. The van der Waals surface area contributed by atoms with Gasteiger partial charge >= 0.3 is 0 Å². The minimum atomic E-state index is -0.461. The highest BCUT2D eigenvalue weighted by molar-refractivity contribution is 8.18. The topological polar surface area (TPSA) is 67.6 Å². The van der Waals surface area contributed by atoms with Crippen LogP contribution in [0.3, 0.4) is 0 Å². The number of halogens is 1. The van der Waals surface area contributed by atoms with Gasteiger partial charge in [0.1, 0.15) is 11.8 Å². The zero-order chi connectivity index (χ0) is 19.0. The molecular weight excluding hydrogens is 386 g/mol. The molecule has 1 saturated heterocycles. The van der Waals surface area contributed by atoms with Crippen LogP contribution in [0.4, 0.5) is 4.79 Å². The number of para-hydroxylation sites is 1. The summed E-state index contributed by atoms with van der Waals surface area (Å²) in [4.78, 5) is 38.8. The van der Waals surface area contributed by atoms with E-state index < -0.39 is 11.1 Å². The number of carbonyl (C=O) groups is 2. The number of hydrogen-bond donors (Lipinski definition) is 0. The van der Waals surface area contributed by atoms with Crippen LogP contribution in [0.1, 0.15) is 11.1 Å². The van der Waals surface area contributed by atoms with Crippen molar-refractivity contribution in [3.63, 3.8) is 0 Å². The van der Waals surface area contributed by atoms with Gasteiger partial charge in [-0.2, -0.15) is 0 Å². The van der Waals surface area contributed by atoms with Crippen molar-refractivity contribution in [3.8, 4) is 0 Å². The van der Waals surface area contributed by atoms with E-state index in [1.165, 1.54) is 12.3 Å². The molecule has 0 aliphatic carbocycles. The first-order valence-electron chi connectivity index (χ1n) is 8.04. The predicted molar refractivity (Wildman–Crippen MR) is 105 cm³/mol. The fraction of sp³-hybridized carbons (Fsp3) is 0.0500. The summed E-state index contributed by atoms with van der Waals surface area (Å²) in [6.07, 6.45) is 2.70. The lowest BCUT2D eigenvalue weighted by Crippen LogP contribution is -2.27. The average molecular weight is 398 g/mol. The summed E-state index contributed by atoms with van der Waals surface area (Å²) in [6, 6.07) is 13.9. The van der Waals surface area contributed by atoms with Crippen LogP contribution in [0.2, 0.25) is 5.02 Å². The van der Waals surface area contributed by atoms with Gasteiger partial charge < -0.3 is 4.42 Å². The Morgan fingerprint density at radius 1 is 1.04 bits per heavy atom. The summed E-state index contributed by atoms with van der Waals surface area (Å²) in [7, 11) is 0. The molecular formula is C20H12ClNO4S. The molecule has 1 aliphatic rings. The van der Waals surface area contributed by atoms with E-state index in [2.05, 4.69) is 0 Å². The van der Waals surface area contributed by atoms with Crippen molar-refractivity contribution in [2.24, 2.45) is 0 Å². The van der Waals surface area contributed by atoms with E-state index >= 15 is 0 Å². The van der Waals surface area contributed by atoms with Gasteiger partial charge in [0.2, 0.25) is 0 Å². The lowest BCUT2D eigenvalue weighted by molar-refractivity contribution is -0.123. The number of carbonyl (C=O) groups excluding carboxylic acids is 2. The molecule has 1 aromatic heterocycles. The molecule has 0 atom stereocenters. The van der Waals surface area contributed by atoms with E-state index in [0.29, 0.717) is 21.6 Å². The smallest absolute Gasteiger partial charge is 0.293 e. The monoisotopic (exact) mass is 397 g/mol. The minimum absolute atomic E-state index is 0.0774. The Morgan fingerprint density at radius 2 is 1.78 bits per heavy atom. The van der Waals surface area contributed by atoms with E-state index in [1.807, 2.05) is 0 Å². The Morgan fingerprint density at radius 3 is 2.59 bits per heavy atom. The molecule has 0 bridgehead atoms. The molecule has 134 valence electrons. The third kappa shape index (κ3) is 3.29. The zero-order valence-electron chi connectivity index (χ0n) is 13.8. The molecule has 27 heavy (non-hydrogen) atoms. The first-order valence-corrected chi connectivity index (χ1v) is 9.23. The largest absolute Gasteiger partial charge is 0.463 e. The first kappa shape index (κ1) is 17.6.